The molecular weight excluding hydrogens is 280 g/mol. The molecule has 0 saturated carbocycles. The van der Waals surface area contributed by atoms with Crippen molar-refractivity contribution in [2.75, 3.05) is 13.7 Å². The van der Waals surface area contributed by atoms with Crippen molar-refractivity contribution in [2.24, 2.45) is 0 Å². The van der Waals surface area contributed by atoms with Crippen LogP contribution >= 0.6 is 0 Å². The fourth-order valence-electron chi connectivity index (χ4n) is 2.16. The predicted octanol–water partition coefficient (Wildman–Crippen LogP) is 3.35. The Hall–Kier alpha value is -2.62. The van der Waals surface area contributed by atoms with Gasteiger partial charge in [-0.25, -0.2) is 4.79 Å². The molecule has 2 rings (SSSR count). The number of esters is 1. The van der Waals surface area contributed by atoms with Crippen molar-refractivity contribution in [3.05, 3.63) is 64.7 Å². The Morgan fingerprint density at radius 1 is 1.00 bits per heavy atom. The first kappa shape index (κ1) is 15.8. The first-order chi connectivity index (χ1) is 10.5. The molecule has 2 aromatic rings. The van der Waals surface area contributed by atoms with E-state index in [1.165, 1.54) is 7.11 Å². The van der Waals surface area contributed by atoms with E-state index < -0.39 is 5.97 Å². The van der Waals surface area contributed by atoms with Crippen molar-refractivity contribution >= 4 is 11.8 Å². The van der Waals surface area contributed by atoms with Gasteiger partial charge in [0.15, 0.2) is 12.4 Å². The van der Waals surface area contributed by atoms with Gasteiger partial charge in [0.05, 0.1) is 12.7 Å². The number of carbonyl (C=O) groups excluding carboxylic acids is 2. The Labute approximate surface area is 129 Å². The fourth-order valence-corrected chi connectivity index (χ4v) is 2.16. The highest BCUT2D eigenvalue weighted by molar-refractivity contribution is 5.98. The SMILES string of the molecule is COC(=O)c1ccc(OCC(=O)c2ccc(C)cc2C)cc1. The molecule has 0 aliphatic carbocycles. The molecule has 0 bridgehead atoms. The highest BCUT2D eigenvalue weighted by atomic mass is 16.5. The van der Waals surface area contributed by atoms with E-state index in [1.54, 1.807) is 24.3 Å². The van der Waals surface area contributed by atoms with Crippen LogP contribution in [0.5, 0.6) is 5.75 Å². The fraction of sp³-hybridized carbons (Fsp3) is 0.222. The zero-order chi connectivity index (χ0) is 16.1. The summed E-state index contributed by atoms with van der Waals surface area (Å²) >= 11 is 0. The van der Waals surface area contributed by atoms with Gasteiger partial charge in [-0.05, 0) is 43.7 Å². The molecule has 0 aromatic heterocycles. The molecule has 114 valence electrons. The quantitative estimate of drug-likeness (QED) is 0.627. The highest BCUT2D eigenvalue weighted by Crippen LogP contribution is 2.15. The van der Waals surface area contributed by atoms with Crippen molar-refractivity contribution in [1.29, 1.82) is 0 Å². The second-order valence-corrected chi connectivity index (χ2v) is 5.05. The van der Waals surface area contributed by atoms with E-state index >= 15 is 0 Å². The van der Waals surface area contributed by atoms with E-state index in [0.717, 1.165) is 11.1 Å². The minimum absolute atomic E-state index is 0.0402. The summed E-state index contributed by atoms with van der Waals surface area (Å²) in [6.45, 7) is 3.85. The van der Waals surface area contributed by atoms with Gasteiger partial charge in [0.1, 0.15) is 5.75 Å². The number of aryl methyl sites for hydroxylation is 2. The molecule has 2 aromatic carbocycles. The number of hydrogen-bond acceptors (Lipinski definition) is 4. The summed E-state index contributed by atoms with van der Waals surface area (Å²) in [6, 6.07) is 12.2. The minimum Gasteiger partial charge on any atom is -0.485 e. The Morgan fingerprint density at radius 3 is 2.27 bits per heavy atom. The second-order valence-electron chi connectivity index (χ2n) is 5.05. The molecule has 0 aliphatic heterocycles. The Morgan fingerprint density at radius 2 is 1.68 bits per heavy atom. The molecule has 0 unspecified atom stereocenters. The van der Waals surface area contributed by atoms with Gasteiger partial charge >= 0.3 is 5.97 Å². The smallest absolute Gasteiger partial charge is 0.337 e. The standard InChI is InChI=1S/C18H18O4/c1-12-4-9-16(13(2)10-12)17(19)11-22-15-7-5-14(6-8-15)18(20)21-3/h4-10H,11H2,1-3H3. The highest BCUT2D eigenvalue weighted by Gasteiger charge is 2.10. The van der Waals surface area contributed by atoms with Crippen molar-refractivity contribution in [3.63, 3.8) is 0 Å². The molecule has 0 radical (unpaired) electrons. The monoisotopic (exact) mass is 298 g/mol. The van der Waals surface area contributed by atoms with Gasteiger partial charge < -0.3 is 9.47 Å². The summed E-state index contributed by atoms with van der Waals surface area (Å²) in [5.41, 5.74) is 3.16. The lowest BCUT2D eigenvalue weighted by atomic mass is 10.0. The lowest BCUT2D eigenvalue weighted by Gasteiger charge is -2.08. The van der Waals surface area contributed by atoms with Crippen LogP contribution < -0.4 is 4.74 Å². The molecule has 0 spiro atoms. The molecule has 0 saturated heterocycles. The second kappa shape index (κ2) is 6.89. The third-order valence-corrected chi connectivity index (χ3v) is 3.33. The largest absolute Gasteiger partial charge is 0.485 e. The number of carbonyl (C=O) groups is 2. The van der Waals surface area contributed by atoms with Crippen LogP contribution in [0, 0.1) is 13.8 Å². The maximum atomic E-state index is 12.2. The van der Waals surface area contributed by atoms with Crippen LogP contribution in [0.3, 0.4) is 0 Å². The lowest BCUT2D eigenvalue weighted by Crippen LogP contribution is -2.13. The molecule has 4 heteroatoms. The van der Waals surface area contributed by atoms with Crippen LogP contribution in [0.15, 0.2) is 42.5 Å². The lowest BCUT2D eigenvalue weighted by molar-refractivity contribution is 0.0600. The molecule has 0 fully saturated rings. The maximum Gasteiger partial charge on any atom is 0.337 e. The molecule has 0 aliphatic rings. The van der Waals surface area contributed by atoms with Gasteiger partial charge in [-0.2, -0.15) is 0 Å². The van der Waals surface area contributed by atoms with E-state index in [4.69, 9.17) is 4.74 Å². The van der Waals surface area contributed by atoms with Crippen LogP contribution in [0.2, 0.25) is 0 Å². The number of ketones is 1. The van der Waals surface area contributed by atoms with Crippen LogP contribution in [0.25, 0.3) is 0 Å². The molecule has 22 heavy (non-hydrogen) atoms. The maximum absolute atomic E-state index is 12.2. The van der Waals surface area contributed by atoms with Gasteiger partial charge in [-0.1, -0.05) is 23.8 Å². The normalized spacial score (nSPS) is 10.1. The van der Waals surface area contributed by atoms with Crippen LogP contribution in [0.4, 0.5) is 0 Å². The number of rotatable bonds is 5. The van der Waals surface area contributed by atoms with Crippen LogP contribution in [0.1, 0.15) is 31.8 Å². The number of ether oxygens (including phenoxy) is 2. The average molecular weight is 298 g/mol. The molecule has 0 atom stereocenters. The summed E-state index contributed by atoms with van der Waals surface area (Å²) < 4.78 is 10.1. The van der Waals surface area contributed by atoms with Crippen LogP contribution in [-0.4, -0.2) is 25.5 Å². The zero-order valence-corrected chi connectivity index (χ0v) is 12.9. The van der Waals surface area contributed by atoms with Crippen molar-refractivity contribution in [3.8, 4) is 5.75 Å². The van der Waals surface area contributed by atoms with Crippen molar-refractivity contribution in [1.82, 2.24) is 0 Å². The van der Waals surface area contributed by atoms with E-state index in [9.17, 15) is 9.59 Å². The summed E-state index contributed by atoms with van der Waals surface area (Å²) in [7, 11) is 1.33. The number of methoxy groups -OCH3 is 1. The number of Topliss-reactive ketones (excluding diaryl/α,β-unsaturated/α-hetero) is 1. The van der Waals surface area contributed by atoms with Crippen LogP contribution in [-0.2, 0) is 4.74 Å². The third kappa shape index (κ3) is 3.73. The first-order valence-corrected chi connectivity index (χ1v) is 6.93. The van der Waals surface area contributed by atoms with E-state index in [1.807, 2.05) is 32.0 Å². The summed E-state index contributed by atoms with van der Waals surface area (Å²) in [6.07, 6.45) is 0. The first-order valence-electron chi connectivity index (χ1n) is 6.93. The summed E-state index contributed by atoms with van der Waals surface area (Å²) in [5.74, 6) is 0.0539. The van der Waals surface area contributed by atoms with Gasteiger partial charge in [-0.3, -0.25) is 4.79 Å². The molecule has 4 nitrogen and oxygen atoms in total. The zero-order valence-electron chi connectivity index (χ0n) is 12.9. The Balaban J connectivity index is 2.00. The Kier molecular flexibility index (Phi) is 4.94. The molecule has 0 amide bonds. The van der Waals surface area contributed by atoms with Gasteiger partial charge in [0.25, 0.3) is 0 Å². The number of hydrogen-bond donors (Lipinski definition) is 0. The topological polar surface area (TPSA) is 52.6 Å². The number of benzene rings is 2. The molecule has 0 heterocycles. The van der Waals surface area contributed by atoms with E-state index in [-0.39, 0.29) is 12.4 Å². The molecular formula is C18H18O4. The average Bonchev–Trinajstić information content (AvgIpc) is 2.52. The summed E-state index contributed by atoms with van der Waals surface area (Å²) in [4.78, 5) is 23.5. The predicted molar refractivity (Wildman–Crippen MR) is 83.5 cm³/mol. The molecule has 0 N–H and O–H groups in total. The van der Waals surface area contributed by atoms with Gasteiger partial charge in [0, 0.05) is 5.56 Å². The summed E-state index contributed by atoms with van der Waals surface area (Å²) in [5, 5.41) is 0. The van der Waals surface area contributed by atoms with Gasteiger partial charge in [0.2, 0.25) is 0 Å². The van der Waals surface area contributed by atoms with E-state index in [2.05, 4.69) is 4.74 Å². The third-order valence-electron chi connectivity index (χ3n) is 3.33. The van der Waals surface area contributed by atoms with Crippen molar-refractivity contribution < 1.29 is 19.1 Å². The van der Waals surface area contributed by atoms with Crippen molar-refractivity contribution in [2.45, 2.75) is 13.8 Å². The minimum atomic E-state index is -0.405. The Bertz CT molecular complexity index is 687. The van der Waals surface area contributed by atoms with E-state index in [0.29, 0.717) is 16.9 Å². The van der Waals surface area contributed by atoms with Gasteiger partial charge in [-0.15, -0.1) is 0 Å².